The highest BCUT2D eigenvalue weighted by atomic mass is 16.5. The largest absolute Gasteiger partial charge is 0.488 e. The Kier molecular flexibility index (Phi) is 3.41. The predicted molar refractivity (Wildman–Crippen MR) is 60.7 cm³/mol. The van der Waals surface area contributed by atoms with E-state index in [4.69, 9.17) is 14.9 Å². The van der Waals surface area contributed by atoms with Crippen LogP contribution in [0.15, 0.2) is 18.2 Å². The van der Waals surface area contributed by atoms with Crippen molar-refractivity contribution in [2.45, 2.75) is 26.4 Å². The van der Waals surface area contributed by atoms with Crippen LogP contribution < -0.4 is 4.74 Å². The average Bonchev–Trinajstić information content (AvgIpc) is 2.14. The van der Waals surface area contributed by atoms with Crippen molar-refractivity contribution in [3.63, 3.8) is 0 Å². The first-order chi connectivity index (χ1) is 7.69. The van der Waals surface area contributed by atoms with E-state index in [0.717, 1.165) is 6.07 Å². The van der Waals surface area contributed by atoms with E-state index >= 15 is 0 Å². The van der Waals surface area contributed by atoms with Crippen LogP contribution in [0.3, 0.4) is 0 Å². The molecule has 0 aliphatic rings. The topological polar surface area (TPSA) is 83.8 Å². The average molecular weight is 238 g/mol. The summed E-state index contributed by atoms with van der Waals surface area (Å²) in [5, 5.41) is 17.7. The molecule has 0 saturated carbocycles. The van der Waals surface area contributed by atoms with Gasteiger partial charge in [0.2, 0.25) is 0 Å². The molecule has 0 aromatic heterocycles. The lowest BCUT2D eigenvalue weighted by molar-refractivity contribution is 0.0693. The Hall–Kier alpha value is -2.04. The van der Waals surface area contributed by atoms with Crippen LogP contribution in [0.5, 0.6) is 5.75 Å². The number of hydrogen-bond donors (Lipinski definition) is 2. The number of carboxylic acid groups (broad SMARTS) is 2. The van der Waals surface area contributed by atoms with Crippen LogP contribution in [-0.4, -0.2) is 27.8 Å². The molecule has 1 aromatic rings. The maximum atomic E-state index is 10.8. The molecule has 5 heteroatoms. The first-order valence-electron chi connectivity index (χ1n) is 5.00. The number of benzene rings is 1. The van der Waals surface area contributed by atoms with E-state index in [-0.39, 0.29) is 16.9 Å². The van der Waals surface area contributed by atoms with Crippen LogP contribution in [-0.2, 0) is 0 Å². The zero-order valence-electron chi connectivity index (χ0n) is 9.85. The maximum Gasteiger partial charge on any atom is 0.335 e. The van der Waals surface area contributed by atoms with Crippen molar-refractivity contribution in [3.05, 3.63) is 29.3 Å². The predicted octanol–water partition coefficient (Wildman–Crippen LogP) is 2.26. The van der Waals surface area contributed by atoms with Crippen LogP contribution in [0.4, 0.5) is 0 Å². The van der Waals surface area contributed by atoms with Gasteiger partial charge in [0.15, 0.2) is 0 Å². The summed E-state index contributed by atoms with van der Waals surface area (Å²) >= 11 is 0. The number of hydrogen-bond acceptors (Lipinski definition) is 3. The zero-order valence-corrected chi connectivity index (χ0v) is 9.85. The summed E-state index contributed by atoms with van der Waals surface area (Å²) in [6.45, 7) is 5.38. The fourth-order valence-electron chi connectivity index (χ4n) is 1.26. The molecule has 0 aliphatic carbocycles. The lowest BCUT2D eigenvalue weighted by Gasteiger charge is -2.21. The third-order valence-electron chi connectivity index (χ3n) is 1.82. The summed E-state index contributed by atoms with van der Waals surface area (Å²) in [7, 11) is 0. The molecular formula is C12H14O5. The molecule has 1 rings (SSSR count). The lowest BCUT2D eigenvalue weighted by atomic mass is 10.1. The quantitative estimate of drug-likeness (QED) is 0.843. The molecule has 17 heavy (non-hydrogen) atoms. The summed E-state index contributed by atoms with van der Waals surface area (Å²) in [6, 6.07) is 3.71. The standard InChI is InChI=1S/C12H14O5/c1-12(2,3)17-9-5-7(10(13)14)4-8(6-9)11(15)16/h4-6H,1-3H3,(H,13,14)(H,15,16). The Bertz CT molecular complexity index is 424. The van der Waals surface area contributed by atoms with Gasteiger partial charge in [0.25, 0.3) is 0 Å². The van der Waals surface area contributed by atoms with E-state index in [1.54, 1.807) is 20.8 Å². The molecule has 0 amide bonds. The molecule has 0 heterocycles. The van der Waals surface area contributed by atoms with Crippen LogP contribution in [0.1, 0.15) is 41.5 Å². The summed E-state index contributed by atoms with van der Waals surface area (Å²) in [5.74, 6) is -2.14. The van der Waals surface area contributed by atoms with Gasteiger partial charge in [-0.05, 0) is 39.0 Å². The molecule has 0 saturated heterocycles. The van der Waals surface area contributed by atoms with Crippen molar-refractivity contribution in [2.24, 2.45) is 0 Å². The van der Waals surface area contributed by atoms with Gasteiger partial charge in [0.05, 0.1) is 11.1 Å². The lowest BCUT2D eigenvalue weighted by Crippen LogP contribution is -2.23. The molecule has 92 valence electrons. The summed E-state index contributed by atoms with van der Waals surface area (Å²) in [5.41, 5.74) is -0.735. The van der Waals surface area contributed by atoms with Crippen molar-refractivity contribution in [2.75, 3.05) is 0 Å². The van der Waals surface area contributed by atoms with E-state index in [1.807, 2.05) is 0 Å². The van der Waals surface area contributed by atoms with Crippen LogP contribution in [0.2, 0.25) is 0 Å². The Morgan fingerprint density at radius 3 is 1.71 bits per heavy atom. The van der Waals surface area contributed by atoms with Crippen LogP contribution in [0.25, 0.3) is 0 Å². The van der Waals surface area contributed by atoms with Gasteiger partial charge in [-0.25, -0.2) is 9.59 Å². The molecule has 0 radical (unpaired) electrons. The van der Waals surface area contributed by atoms with Crippen molar-refractivity contribution >= 4 is 11.9 Å². The van der Waals surface area contributed by atoms with Gasteiger partial charge in [0.1, 0.15) is 11.4 Å². The van der Waals surface area contributed by atoms with Gasteiger partial charge < -0.3 is 14.9 Å². The van der Waals surface area contributed by atoms with Crippen molar-refractivity contribution < 1.29 is 24.5 Å². The van der Waals surface area contributed by atoms with E-state index in [1.165, 1.54) is 12.1 Å². The van der Waals surface area contributed by atoms with Gasteiger partial charge >= 0.3 is 11.9 Å². The molecule has 1 aromatic carbocycles. The number of ether oxygens (including phenoxy) is 1. The molecule has 0 spiro atoms. The molecule has 0 unspecified atom stereocenters. The van der Waals surface area contributed by atoms with Crippen molar-refractivity contribution in [3.8, 4) is 5.75 Å². The van der Waals surface area contributed by atoms with Crippen LogP contribution in [0, 0.1) is 0 Å². The SMILES string of the molecule is CC(C)(C)Oc1cc(C(=O)O)cc(C(=O)O)c1. The first-order valence-corrected chi connectivity index (χ1v) is 5.00. The van der Waals surface area contributed by atoms with Crippen molar-refractivity contribution in [1.82, 2.24) is 0 Å². The van der Waals surface area contributed by atoms with Gasteiger partial charge in [-0.15, -0.1) is 0 Å². The number of carbonyl (C=O) groups is 2. The summed E-state index contributed by atoms with van der Waals surface area (Å²) < 4.78 is 5.46. The molecule has 5 nitrogen and oxygen atoms in total. The Balaban J connectivity index is 3.22. The zero-order chi connectivity index (χ0) is 13.2. The fraction of sp³-hybridized carbons (Fsp3) is 0.333. The highest BCUT2D eigenvalue weighted by molar-refractivity contribution is 5.94. The third kappa shape index (κ3) is 3.79. The second-order valence-corrected chi connectivity index (χ2v) is 4.57. The van der Waals surface area contributed by atoms with Gasteiger partial charge in [-0.1, -0.05) is 0 Å². The highest BCUT2D eigenvalue weighted by Gasteiger charge is 2.16. The van der Waals surface area contributed by atoms with Crippen LogP contribution >= 0.6 is 0 Å². The molecule has 0 aliphatic heterocycles. The minimum absolute atomic E-state index is 0.107. The Labute approximate surface area is 98.6 Å². The maximum absolute atomic E-state index is 10.8. The minimum Gasteiger partial charge on any atom is -0.488 e. The van der Waals surface area contributed by atoms with E-state index in [9.17, 15) is 9.59 Å². The van der Waals surface area contributed by atoms with Gasteiger partial charge in [-0.3, -0.25) is 0 Å². The molecule has 2 N–H and O–H groups in total. The monoisotopic (exact) mass is 238 g/mol. The van der Waals surface area contributed by atoms with E-state index < -0.39 is 17.5 Å². The molecule has 0 bridgehead atoms. The first kappa shape index (κ1) is 13.0. The van der Waals surface area contributed by atoms with Gasteiger partial charge in [0, 0.05) is 0 Å². The number of aromatic carboxylic acids is 2. The summed E-state index contributed by atoms with van der Waals surface area (Å²) in [4.78, 5) is 21.7. The van der Waals surface area contributed by atoms with E-state index in [0.29, 0.717) is 0 Å². The third-order valence-corrected chi connectivity index (χ3v) is 1.82. The summed E-state index contributed by atoms with van der Waals surface area (Å²) in [6.07, 6.45) is 0. The van der Waals surface area contributed by atoms with E-state index in [2.05, 4.69) is 0 Å². The highest BCUT2D eigenvalue weighted by Crippen LogP contribution is 2.22. The molecule has 0 fully saturated rings. The Morgan fingerprint density at radius 2 is 1.41 bits per heavy atom. The normalized spacial score (nSPS) is 11.0. The molecular weight excluding hydrogens is 224 g/mol. The second-order valence-electron chi connectivity index (χ2n) is 4.57. The molecule has 0 atom stereocenters. The number of carboxylic acids is 2. The minimum atomic E-state index is -1.19. The Morgan fingerprint density at radius 1 is 1.00 bits per heavy atom. The fourth-order valence-corrected chi connectivity index (χ4v) is 1.26. The van der Waals surface area contributed by atoms with Crippen molar-refractivity contribution in [1.29, 1.82) is 0 Å². The van der Waals surface area contributed by atoms with Gasteiger partial charge in [-0.2, -0.15) is 0 Å². The number of rotatable bonds is 3. The smallest absolute Gasteiger partial charge is 0.335 e. The second kappa shape index (κ2) is 4.45.